The average molecular weight is 395 g/mol. The van der Waals surface area contributed by atoms with E-state index in [1.165, 1.54) is 4.90 Å². The molecule has 4 nitrogen and oxygen atoms in total. The second-order valence-corrected chi connectivity index (χ2v) is 7.95. The minimum Gasteiger partial charge on any atom is -0.366 e. The molecule has 2 aliphatic heterocycles. The van der Waals surface area contributed by atoms with E-state index in [1.54, 1.807) is 12.1 Å². The maximum atomic E-state index is 13.5. The topological polar surface area (TPSA) is 40.6 Å². The van der Waals surface area contributed by atoms with Crippen molar-refractivity contribution in [2.45, 2.75) is 33.1 Å². The molecule has 144 valence electrons. The van der Waals surface area contributed by atoms with Gasteiger partial charge in [-0.1, -0.05) is 47.5 Å². The van der Waals surface area contributed by atoms with Gasteiger partial charge in [0.2, 0.25) is 0 Å². The van der Waals surface area contributed by atoms with Crippen LogP contribution in [0.3, 0.4) is 0 Å². The van der Waals surface area contributed by atoms with Crippen LogP contribution >= 0.6 is 11.6 Å². The largest absolute Gasteiger partial charge is 0.366 e. The number of carbonyl (C=O) groups excluding carboxylic acids is 2. The van der Waals surface area contributed by atoms with Crippen LogP contribution in [-0.4, -0.2) is 29.8 Å². The van der Waals surface area contributed by atoms with Crippen LogP contribution in [0.4, 0.5) is 5.69 Å². The van der Waals surface area contributed by atoms with Crippen molar-refractivity contribution in [3.8, 4) is 0 Å². The van der Waals surface area contributed by atoms with Crippen LogP contribution in [0.2, 0.25) is 5.02 Å². The highest BCUT2D eigenvalue weighted by Gasteiger charge is 2.43. The molecule has 0 bridgehead atoms. The van der Waals surface area contributed by atoms with E-state index in [2.05, 4.69) is 4.90 Å². The van der Waals surface area contributed by atoms with E-state index in [9.17, 15) is 9.59 Å². The Morgan fingerprint density at radius 1 is 0.857 bits per heavy atom. The SMILES string of the molecule is Cc1ccc(C2=C(N3CCCCC3)C(=O)N(c3cc(Cl)ccc3C)C2=O)cc1. The molecule has 0 atom stereocenters. The number of imide groups is 1. The minimum atomic E-state index is -0.278. The summed E-state index contributed by atoms with van der Waals surface area (Å²) in [7, 11) is 0. The summed E-state index contributed by atoms with van der Waals surface area (Å²) in [5.41, 5.74) is 4.31. The molecule has 2 amide bonds. The molecule has 2 aromatic rings. The third kappa shape index (κ3) is 3.22. The number of hydrogen-bond acceptors (Lipinski definition) is 3. The van der Waals surface area contributed by atoms with Gasteiger partial charge in [-0.2, -0.15) is 0 Å². The lowest BCUT2D eigenvalue weighted by Gasteiger charge is -2.29. The molecule has 0 N–H and O–H groups in total. The molecule has 2 aliphatic rings. The molecule has 0 aromatic heterocycles. The molecule has 28 heavy (non-hydrogen) atoms. The van der Waals surface area contributed by atoms with E-state index in [0.29, 0.717) is 22.0 Å². The highest BCUT2D eigenvalue weighted by Crippen LogP contribution is 2.37. The minimum absolute atomic E-state index is 0.257. The van der Waals surface area contributed by atoms with Crippen molar-refractivity contribution >= 4 is 34.7 Å². The fourth-order valence-electron chi connectivity index (χ4n) is 3.95. The first-order valence-electron chi connectivity index (χ1n) is 9.68. The fraction of sp³-hybridized carbons (Fsp3) is 0.304. The normalized spacial score (nSPS) is 17.7. The van der Waals surface area contributed by atoms with Crippen LogP contribution in [-0.2, 0) is 9.59 Å². The van der Waals surface area contributed by atoms with E-state index in [1.807, 2.05) is 44.2 Å². The Bertz CT molecular complexity index is 973. The highest BCUT2D eigenvalue weighted by molar-refractivity contribution is 6.45. The molecule has 5 heteroatoms. The van der Waals surface area contributed by atoms with Gasteiger partial charge < -0.3 is 4.90 Å². The summed E-state index contributed by atoms with van der Waals surface area (Å²) < 4.78 is 0. The maximum Gasteiger partial charge on any atom is 0.282 e. The van der Waals surface area contributed by atoms with Crippen LogP contribution in [0.25, 0.3) is 5.57 Å². The van der Waals surface area contributed by atoms with Gasteiger partial charge in [-0.25, -0.2) is 4.90 Å². The first kappa shape index (κ1) is 18.8. The molecule has 0 saturated carbocycles. The number of nitrogens with zero attached hydrogens (tertiary/aromatic N) is 2. The van der Waals surface area contributed by atoms with Crippen molar-refractivity contribution in [3.05, 3.63) is 69.9 Å². The number of rotatable bonds is 3. The van der Waals surface area contributed by atoms with Gasteiger partial charge in [-0.3, -0.25) is 9.59 Å². The van der Waals surface area contributed by atoms with Crippen molar-refractivity contribution in [3.63, 3.8) is 0 Å². The Labute approximate surface area is 170 Å². The summed E-state index contributed by atoms with van der Waals surface area (Å²) >= 11 is 6.17. The van der Waals surface area contributed by atoms with Crippen molar-refractivity contribution in [2.75, 3.05) is 18.0 Å². The lowest BCUT2D eigenvalue weighted by Crippen LogP contribution is -2.37. The maximum absolute atomic E-state index is 13.5. The van der Waals surface area contributed by atoms with Gasteiger partial charge in [0.25, 0.3) is 11.8 Å². The Morgan fingerprint density at radius 3 is 2.21 bits per heavy atom. The molecular formula is C23H23ClN2O2. The van der Waals surface area contributed by atoms with E-state index >= 15 is 0 Å². The van der Waals surface area contributed by atoms with Crippen LogP contribution < -0.4 is 4.90 Å². The van der Waals surface area contributed by atoms with E-state index < -0.39 is 0 Å². The number of carbonyl (C=O) groups is 2. The second kappa shape index (κ2) is 7.44. The molecule has 0 radical (unpaired) electrons. The number of benzene rings is 2. The van der Waals surface area contributed by atoms with Gasteiger partial charge in [0.15, 0.2) is 0 Å². The molecule has 1 fully saturated rings. The number of anilines is 1. The van der Waals surface area contributed by atoms with Crippen molar-refractivity contribution in [1.82, 2.24) is 4.90 Å². The smallest absolute Gasteiger partial charge is 0.282 e. The highest BCUT2D eigenvalue weighted by atomic mass is 35.5. The first-order valence-corrected chi connectivity index (χ1v) is 10.1. The number of aryl methyl sites for hydroxylation is 2. The van der Waals surface area contributed by atoms with Gasteiger partial charge in [0, 0.05) is 18.1 Å². The summed E-state index contributed by atoms with van der Waals surface area (Å²) in [6, 6.07) is 13.1. The van der Waals surface area contributed by atoms with Crippen molar-refractivity contribution in [2.24, 2.45) is 0 Å². The van der Waals surface area contributed by atoms with Crippen LogP contribution in [0.5, 0.6) is 0 Å². The molecular weight excluding hydrogens is 372 g/mol. The molecule has 2 heterocycles. The average Bonchev–Trinajstić information content (AvgIpc) is 2.95. The summed E-state index contributed by atoms with van der Waals surface area (Å²) in [4.78, 5) is 30.4. The van der Waals surface area contributed by atoms with Gasteiger partial charge in [0.05, 0.1) is 11.3 Å². The Kier molecular flexibility index (Phi) is 4.98. The van der Waals surface area contributed by atoms with Gasteiger partial charge in [-0.05, 0) is 56.4 Å². The monoisotopic (exact) mass is 394 g/mol. The van der Waals surface area contributed by atoms with Crippen molar-refractivity contribution in [1.29, 1.82) is 0 Å². The van der Waals surface area contributed by atoms with E-state index in [4.69, 9.17) is 11.6 Å². The summed E-state index contributed by atoms with van der Waals surface area (Å²) in [5, 5.41) is 0.504. The lowest BCUT2D eigenvalue weighted by molar-refractivity contribution is -0.120. The number of piperidine rings is 1. The van der Waals surface area contributed by atoms with E-state index in [0.717, 1.165) is 49.0 Å². The number of halogens is 1. The molecule has 0 spiro atoms. The molecule has 0 aliphatic carbocycles. The number of amides is 2. The fourth-order valence-corrected chi connectivity index (χ4v) is 4.12. The molecule has 0 unspecified atom stereocenters. The zero-order valence-corrected chi connectivity index (χ0v) is 16.9. The number of hydrogen-bond donors (Lipinski definition) is 0. The zero-order chi connectivity index (χ0) is 19.8. The molecule has 2 aromatic carbocycles. The van der Waals surface area contributed by atoms with Gasteiger partial charge >= 0.3 is 0 Å². The van der Waals surface area contributed by atoms with Crippen LogP contribution in [0.1, 0.15) is 36.0 Å². The first-order chi connectivity index (χ1) is 13.5. The third-order valence-corrected chi connectivity index (χ3v) is 5.72. The van der Waals surface area contributed by atoms with Crippen LogP contribution in [0.15, 0.2) is 48.2 Å². The Balaban J connectivity index is 1.85. The van der Waals surface area contributed by atoms with Crippen molar-refractivity contribution < 1.29 is 9.59 Å². The summed E-state index contributed by atoms with van der Waals surface area (Å²) in [6.07, 6.45) is 3.22. The summed E-state index contributed by atoms with van der Waals surface area (Å²) in [5.74, 6) is -0.535. The lowest BCUT2D eigenvalue weighted by atomic mass is 10.0. The Morgan fingerprint density at radius 2 is 1.54 bits per heavy atom. The molecule has 4 rings (SSSR count). The van der Waals surface area contributed by atoms with E-state index in [-0.39, 0.29) is 11.8 Å². The van der Waals surface area contributed by atoms with Gasteiger partial charge in [0.1, 0.15) is 5.70 Å². The Hall–Kier alpha value is -2.59. The predicted octanol–water partition coefficient (Wildman–Crippen LogP) is 4.73. The quantitative estimate of drug-likeness (QED) is 0.707. The predicted molar refractivity (Wildman–Crippen MR) is 112 cm³/mol. The second-order valence-electron chi connectivity index (χ2n) is 7.51. The summed E-state index contributed by atoms with van der Waals surface area (Å²) in [6.45, 7) is 5.49. The van der Waals surface area contributed by atoms with Gasteiger partial charge in [-0.15, -0.1) is 0 Å². The standard InChI is InChI=1S/C23H23ClN2O2/c1-15-6-9-17(10-7-15)20-21(25-12-4-3-5-13-25)23(28)26(22(20)27)19-14-18(24)11-8-16(19)2/h6-11,14H,3-5,12-13H2,1-2H3. The zero-order valence-electron chi connectivity index (χ0n) is 16.2. The third-order valence-electron chi connectivity index (χ3n) is 5.48. The molecule has 1 saturated heterocycles. The van der Waals surface area contributed by atoms with Crippen LogP contribution in [0, 0.1) is 13.8 Å². The number of likely N-dealkylation sites (tertiary alicyclic amines) is 1.